The molecule has 0 unspecified atom stereocenters. The van der Waals surface area contributed by atoms with Gasteiger partial charge in [-0.3, -0.25) is 10.2 Å². The van der Waals surface area contributed by atoms with E-state index in [-0.39, 0.29) is 23.4 Å². The topological polar surface area (TPSA) is 125 Å². The first-order chi connectivity index (χ1) is 10.4. The maximum Gasteiger partial charge on any atom is 0.231 e. The van der Waals surface area contributed by atoms with E-state index in [1.807, 2.05) is 0 Å². The molecule has 7 N–H and O–H groups in total. The van der Waals surface area contributed by atoms with E-state index in [4.69, 9.17) is 16.9 Å². The van der Waals surface area contributed by atoms with Gasteiger partial charge in [-0.1, -0.05) is 12.1 Å². The van der Waals surface area contributed by atoms with Crippen LogP contribution in [0.2, 0.25) is 0 Å². The summed E-state index contributed by atoms with van der Waals surface area (Å²) in [6, 6.07) is 11.3. The number of carbonyl (C=O) groups excluding carboxylic acids is 1. The van der Waals surface area contributed by atoms with E-state index in [9.17, 15) is 9.90 Å². The maximum atomic E-state index is 12.3. The highest BCUT2D eigenvalue weighted by molar-refractivity contribution is 6.02. The molecule has 0 bridgehead atoms. The summed E-state index contributed by atoms with van der Waals surface area (Å²) in [4.78, 5) is 12.3. The Labute approximate surface area is 128 Å². The SMILES string of the molecule is C[C@@H](C(=O)Nc1ccc(N)c(C(=N)N)c1)c1ccc(O)cc1. The lowest BCUT2D eigenvalue weighted by Gasteiger charge is -2.14. The molecule has 0 aromatic heterocycles. The summed E-state index contributed by atoms with van der Waals surface area (Å²) in [7, 11) is 0. The summed E-state index contributed by atoms with van der Waals surface area (Å²) in [5.74, 6) is -0.593. The van der Waals surface area contributed by atoms with Gasteiger partial charge in [0.1, 0.15) is 11.6 Å². The molecule has 0 heterocycles. The average molecular weight is 298 g/mol. The van der Waals surface area contributed by atoms with Gasteiger partial charge >= 0.3 is 0 Å². The number of amidine groups is 1. The largest absolute Gasteiger partial charge is 0.508 e. The number of nitrogens with two attached hydrogens (primary N) is 2. The number of carbonyl (C=O) groups is 1. The molecule has 2 aromatic carbocycles. The minimum atomic E-state index is -0.390. The van der Waals surface area contributed by atoms with Crippen molar-refractivity contribution in [2.24, 2.45) is 5.73 Å². The van der Waals surface area contributed by atoms with Crippen molar-refractivity contribution in [2.45, 2.75) is 12.8 Å². The molecular formula is C16H18N4O2. The summed E-state index contributed by atoms with van der Waals surface area (Å²) < 4.78 is 0. The van der Waals surface area contributed by atoms with Gasteiger partial charge in [0.25, 0.3) is 0 Å². The van der Waals surface area contributed by atoms with Crippen LogP contribution in [0.15, 0.2) is 42.5 Å². The van der Waals surface area contributed by atoms with Crippen molar-refractivity contribution in [3.05, 3.63) is 53.6 Å². The van der Waals surface area contributed by atoms with Gasteiger partial charge in [0, 0.05) is 16.9 Å². The lowest BCUT2D eigenvalue weighted by Crippen LogP contribution is -2.20. The van der Waals surface area contributed by atoms with Gasteiger partial charge in [-0.25, -0.2) is 0 Å². The standard InChI is InChI=1S/C16H18N4O2/c1-9(10-2-5-12(21)6-3-10)16(22)20-11-4-7-14(17)13(8-11)15(18)19/h2-9,21H,17H2,1H3,(H3,18,19)(H,20,22)/t9-/m1/s1. The second-order valence-electron chi connectivity index (χ2n) is 5.02. The first-order valence-electron chi connectivity index (χ1n) is 6.72. The highest BCUT2D eigenvalue weighted by Gasteiger charge is 2.16. The Kier molecular flexibility index (Phi) is 4.31. The Morgan fingerprint density at radius 3 is 2.45 bits per heavy atom. The number of aromatic hydroxyl groups is 1. The molecule has 114 valence electrons. The summed E-state index contributed by atoms with van der Waals surface area (Å²) in [5, 5.41) is 19.5. The molecule has 1 atom stereocenters. The molecule has 6 nitrogen and oxygen atoms in total. The smallest absolute Gasteiger partial charge is 0.231 e. The van der Waals surface area contributed by atoms with E-state index < -0.39 is 0 Å². The summed E-state index contributed by atoms with van der Waals surface area (Å²) >= 11 is 0. The predicted octanol–water partition coefficient (Wildman–Crippen LogP) is 2.00. The highest BCUT2D eigenvalue weighted by atomic mass is 16.3. The molecule has 0 radical (unpaired) electrons. The highest BCUT2D eigenvalue weighted by Crippen LogP contribution is 2.22. The van der Waals surface area contributed by atoms with E-state index in [0.717, 1.165) is 5.56 Å². The zero-order chi connectivity index (χ0) is 16.3. The Bertz CT molecular complexity index is 711. The Hall–Kier alpha value is -3.02. The minimum Gasteiger partial charge on any atom is -0.508 e. The number of rotatable bonds is 4. The van der Waals surface area contributed by atoms with Crippen LogP contribution in [-0.4, -0.2) is 16.8 Å². The van der Waals surface area contributed by atoms with E-state index in [1.165, 1.54) is 12.1 Å². The minimum absolute atomic E-state index is 0.153. The van der Waals surface area contributed by atoms with Crippen LogP contribution in [0.1, 0.15) is 24.0 Å². The number of benzene rings is 2. The average Bonchev–Trinajstić information content (AvgIpc) is 2.49. The van der Waals surface area contributed by atoms with Crippen molar-refractivity contribution < 1.29 is 9.90 Å². The summed E-state index contributed by atoms with van der Waals surface area (Å²) in [6.45, 7) is 1.77. The Balaban J connectivity index is 2.16. The van der Waals surface area contributed by atoms with E-state index in [2.05, 4.69) is 5.32 Å². The number of nitrogens with one attached hydrogen (secondary N) is 2. The van der Waals surface area contributed by atoms with Crippen LogP contribution >= 0.6 is 0 Å². The van der Waals surface area contributed by atoms with Gasteiger partial charge in [0.05, 0.1) is 5.92 Å². The van der Waals surface area contributed by atoms with Crippen molar-refractivity contribution in [2.75, 3.05) is 11.1 Å². The number of hydrogen-bond acceptors (Lipinski definition) is 4. The third-order valence-corrected chi connectivity index (χ3v) is 3.40. The lowest BCUT2D eigenvalue weighted by molar-refractivity contribution is -0.117. The fraction of sp³-hybridized carbons (Fsp3) is 0.125. The van der Waals surface area contributed by atoms with Gasteiger partial charge in [-0.05, 0) is 42.8 Å². The summed E-state index contributed by atoms with van der Waals surface area (Å²) in [6.07, 6.45) is 0. The van der Waals surface area contributed by atoms with Gasteiger partial charge in [-0.2, -0.15) is 0 Å². The normalized spacial score (nSPS) is 11.7. The van der Waals surface area contributed by atoms with Crippen LogP contribution in [0.4, 0.5) is 11.4 Å². The predicted molar refractivity (Wildman–Crippen MR) is 87.0 cm³/mol. The molecular weight excluding hydrogens is 280 g/mol. The zero-order valence-corrected chi connectivity index (χ0v) is 12.1. The molecule has 22 heavy (non-hydrogen) atoms. The van der Waals surface area contributed by atoms with Crippen LogP contribution in [0.25, 0.3) is 0 Å². The molecule has 2 rings (SSSR count). The Morgan fingerprint density at radius 1 is 1.23 bits per heavy atom. The number of amides is 1. The second kappa shape index (κ2) is 6.17. The quantitative estimate of drug-likeness (QED) is 0.336. The summed E-state index contributed by atoms with van der Waals surface area (Å²) in [5.41, 5.74) is 13.3. The van der Waals surface area contributed by atoms with Crippen molar-refractivity contribution in [3.8, 4) is 5.75 Å². The van der Waals surface area contributed by atoms with E-state index >= 15 is 0 Å². The van der Waals surface area contributed by atoms with Gasteiger partial charge in [0.2, 0.25) is 5.91 Å². The van der Waals surface area contributed by atoms with Crippen LogP contribution in [0, 0.1) is 5.41 Å². The molecule has 0 saturated heterocycles. The van der Waals surface area contributed by atoms with Gasteiger partial charge in [-0.15, -0.1) is 0 Å². The monoisotopic (exact) mass is 298 g/mol. The van der Waals surface area contributed by atoms with Crippen LogP contribution in [0.3, 0.4) is 0 Å². The molecule has 0 spiro atoms. The van der Waals surface area contributed by atoms with Crippen LogP contribution in [-0.2, 0) is 4.79 Å². The number of phenols is 1. The molecule has 0 aliphatic carbocycles. The van der Waals surface area contributed by atoms with E-state index in [1.54, 1.807) is 37.3 Å². The third-order valence-electron chi connectivity index (χ3n) is 3.40. The number of hydrogen-bond donors (Lipinski definition) is 5. The first-order valence-corrected chi connectivity index (χ1v) is 6.72. The number of nitrogen functional groups attached to an aromatic ring is 2. The number of phenolic OH excluding ortho intramolecular Hbond substituents is 1. The maximum absolute atomic E-state index is 12.3. The first kappa shape index (κ1) is 15.4. The van der Waals surface area contributed by atoms with E-state index in [0.29, 0.717) is 16.9 Å². The fourth-order valence-corrected chi connectivity index (χ4v) is 2.03. The van der Waals surface area contributed by atoms with Gasteiger partial charge < -0.3 is 21.9 Å². The molecule has 6 heteroatoms. The molecule has 0 aliphatic heterocycles. The molecule has 2 aromatic rings. The van der Waals surface area contributed by atoms with Crippen molar-refractivity contribution in [1.29, 1.82) is 5.41 Å². The fourth-order valence-electron chi connectivity index (χ4n) is 2.03. The molecule has 1 amide bonds. The Morgan fingerprint density at radius 2 is 1.86 bits per heavy atom. The van der Waals surface area contributed by atoms with Crippen molar-refractivity contribution in [1.82, 2.24) is 0 Å². The number of anilines is 2. The molecule has 0 fully saturated rings. The van der Waals surface area contributed by atoms with Crippen molar-refractivity contribution in [3.63, 3.8) is 0 Å². The molecule has 0 aliphatic rings. The third kappa shape index (κ3) is 3.35. The second-order valence-corrected chi connectivity index (χ2v) is 5.02. The van der Waals surface area contributed by atoms with Crippen LogP contribution in [0.5, 0.6) is 5.75 Å². The zero-order valence-electron chi connectivity index (χ0n) is 12.1. The molecule has 0 saturated carbocycles. The van der Waals surface area contributed by atoms with Crippen molar-refractivity contribution >= 4 is 23.1 Å². The lowest BCUT2D eigenvalue weighted by atomic mass is 10.00. The van der Waals surface area contributed by atoms with Gasteiger partial charge in [0.15, 0.2) is 0 Å². The van der Waals surface area contributed by atoms with Crippen LogP contribution < -0.4 is 16.8 Å².